The molecule has 1 spiro atoms. The van der Waals surface area contributed by atoms with Crippen LogP contribution < -0.4 is 5.32 Å². The second kappa shape index (κ2) is 3.63. The van der Waals surface area contributed by atoms with Crippen LogP contribution >= 0.6 is 0 Å². The van der Waals surface area contributed by atoms with E-state index >= 15 is 0 Å². The number of ether oxygens (including phenoxy) is 1. The van der Waals surface area contributed by atoms with Crippen molar-refractivity contribution < 1.29 is 14.3 Å². The smallest absolute Gasteiger partial charge is 0.240 e. The highest BCUT2D eigenvalue weighted by Crippen LogP contribution is 2.45. The Morgan fingerprint density at radius 2 is 2.19 bits per heavy atom. The number of hydrogen-bond acceptors (Lipinski definition) is 3. The first kappa shape index (κ1) is 10.7. The molecule has 2 aliphatic rings. The Bertz CT molecular complexity index is 422. The van der Waals surface area contributed by atoms with Crippen LogP contribution in [0.4, 0.5) is 0 Å². The lowest BCUT2D eigenvalue weighted by atomic mass is 9.75. The summed E-state index contributed by atoms with van der Waals surface area (Å²) in [5, 5.41) is 2.35. The van der Waals surface area contributed by atoms with Gasteiger partial charge in [0.2, 0.25) is 11.8 Å². The molecule has 1 N–H and O–H groups in total. The maximum atomic E-state index is 11.9. The summed E-state index contributed by atoms with van der Waals surface area (Å²) in [7, 11) is 0. The highest BCUT2D eigenvalue weighted by molar-refractivity contribution is 6.03. The molecule has 2 amide bonds. The fourth-order valence-corrected chi connectivity index (χ4v) is 2.15. The first-order chi connectivity index (χ1) is 7.60. The number of carbonyl (C=O) groups is 2. The van der Waals surface area contributed by atoms with Gasteiger partial charge in [0.15, 0.2) is 0 Å². The zero-order chi connectivity index (χ0) is 11.8. The molecule has 2 heterocycles. The van der Waals surface area contributed by atoms with Gasteiger partial charge in [-0.05, 0) is 6.42 Å². The number of carbonyl (C=O) groups excluding carboxylic acids is 2. The molecule has 4 nitrogen and oxygen atoms in total. The van der Waals surface area contributed by atoms with Crippen LogP contribution in [0.5, 0.6) is 0 Å². The van der Waals surface area contributed by atoms with E-state index < -0.39 is 5.41 Å². The summed E-state index contributed by atoms with van der Waals surface area (Å²) in [5.74, 6) is -0.0361. The van der Waals surface area contributed by atoms with Crippen molar-refractivity contribution >= 4 is 11.8 Å². The van der Waals surface area contributed by atoms with E-state index in [1.165, 1.54) is 0 Å². The largest absolute Gasteiger partial charge is 0.492 e. The lowest BCUT2D eigenvalue weighted by Crippen LogP contribution is -2.49. The van der Waals surface area contributed by atoms with Gasteiger partial charge in [-0.25, -0.2) is 0 Å². The molecule has 16 heavy (non-hydrogen) atoms. The van der Waals surface area contributed by atoms with Crippen LogP contribution in [-0.4, -0.2) is 18.4 Å². The van der Waals surface area contributed by atoms with E-state index in [2.05, 4.69) is 18.5 Å². The van der Waals surface area contributed by atoms with Gasteiger partial charge in [0.05, 0.1) is 0 Å². The van der Waals surface area contributed by atoms with Gasteiger partial charge in [0.25, 0.3) is 0 Å². The molecule has 0 aromatic carbocycles. The highest BCUT2D eigenvalue weighted by Gasteiger charge is 2.51. The molecule has 4 heteroatoms. The summed E-state index contributed by atoms with van der Waals surface area (Å²) >= 11 is 0. The van der Waals surface area contributed by atoms with Crippen molar-refractivity contribution in [3.8, 4) is 0 Å². The van der Waals surface area contributed by atoms with Crippen LogP contribution in [0.2, 0.25) is 0 Å². The monoisotopic (exact) mass is 219 g/mol. The van der Waals surface area contributed by atoms with E-state index in [0.29, 0.717) is 18.6 Å². The Morgan fingerprint density at radius 3 is 2.81 bits per heavy atom. The van der Waals surface area contributed by atoms with Crippen LogP contribution in [-0.2, 0) is 14.3 Å². The summed E-state index contributed by atoms with van der Waals surface area (Å²) < 4.78 is 5.33. The molecule has 1 unspecified atom stereocenters. The average molecular weight is 219 g/mol. The molecule has 2 saturated heterocycles. The van der Waals surface area contributed by atoms with Gasteiger partial charge < -0.3 is 4.74 Å². The van der Waals surface area contributed by atoms with E-state index in [1.54, 1.807) is 12.2 Å². The molecule has 0 aromatic rings. The van der Waals surface area contributed by atoms with Gasteiger partial charge in [-0.15, -0.1) is 0 Å². The van der Waals surface area contributed by atoms with E-state index in [1.807, 2.05) is 0 Å². The SMILES string of the molecule is C=C/C=C1\C(=C)OCC12CCC(=O)NC2=O. The number of amides is 2. The molecular weight excluding hydrogens is 206 g/mol. The summed E-state index contributed by atoms with van der Waals surface area (Å²) in [4.78, 5) is 23.1. The number of nitrogens with one attached hydrogen (secondary N) is 1. The summed E-state index contributed by atoms with van der Waals surface area (Å²) in [6.45, 7) is 7.61. The van der Waals surface area contributed by atoms with Crippen molar-refractivity contribution in [2.75, 3.05) is 6.61 Å². The minimum atomic E-state index is -0.751. The Balaban J connectivity index is 2.41. The van der Waals surface area contributed by atoms with Crippen molar-refractivity contribution in [1.29, 1.82) is 0 Å². The third kappa shape index (κ3) is 1.38. The molecule has 2 rings (SSSR count). The molecule has 0 saturated carbocycles. The third-order valence-electron chi connectivity index (χ3n) is 3.06. The zero-order valence-electron chi connectivity index (χ0n) is 8.91. The quantitative estimate of drug-likeness (QED) is 0.671. The van der Waals surface area contributed by atoms with Gasteiger partial charge >= 0.3 is 0 Å². The van der Waals surface area contributed by atoms with Crippen molar-refractivity contribution in [3.63, 3.8) is 0 Å². The third-order valence-corrected chi connectivity index (χ3v) is 3.06. The van der Waals surface area contributed by atoms with E-state index in [0.717, 1.165) is 5.57 Å². The minimum absolute atomic E-state index is 0.230. The Hall–Kier alpha value is -1.84. The standard InChI is InChI=1S/C12H13NO3/c1-3-4-9-8(2)16-7-12(9)6-5-10(14)13-11(12)15/h3-4H,1-2,5-7H2,(H,13,14,15)/b9-4+. The first-order valence-corrected chi connectivity index (χ1v) is 5.10. The van der Waals surface area contributed by atoms with E-state index in [4.69, 9.17) is 4.74 Å². The Labute approximate surface area is 93.7 Å². The zero-order valence-corrected chi connectivity index (χ0v) is 8.91. The molecular formula is C12H13NO3. The lowest BCUT2D eigenvalue weighted by molar-refractivity contribution is -0.140. The fraction of sp³-hybridized carbons (Fsp3) is 0.333. The summed E-state index contributed by atoms with van der Waals surface area (Å²) in [6, 6.07) is 0. The van der Waals surface area contributed by atoms with Crippen LogP contribution in [0.3, 0.4) is 0 Å². The van der Waals surface area contributed by atoms with Gasteiger partial charge in [0, 0.05) is 12.0 Å². The second-order valence-electron chi connectivity index (χ2n) is 3.99. The summed E-state index contributed by atoms with van der Waals surface area (Å²) in [6.07, 6.45) is 4.12. The number of hydrogen-bond donors (Lipinski definition) is 1. The maximum Gasteiger partial charge on any atom is 0.240 e. The van der Waals surface area contributed by atoms with Crippen LogP contribution in [0.1, 0.15) is 12.8 Å². The van der Waals surface area contributed by atoms with E-state index in [-0.39, 0.29) is 18.4 Å². The summed E-state index contributed by atoms with van der Waals surface area (Å²) in [5.41, 5.74) is -0.0216. The van der Waals surface area contributed by atoms with Gasteiger partial charge in [-0.3, -0.25) is 14.9 Å². The van der Waals surface area contributed by atoms with Crippen molar-refractivity contribution in [2.45, 2.75) is 12.8 Å². The number of rotatable bonds is 1. The number of piperidine rings is 1. The van der Waals surface area contributed by atoms with Crippen molar-refractivity contribution in [1.82, 2.24) is 5.32 Å². The van der Waals surface area contributed by atoms with Crippen LogP contribution in [0.25, 0.3) is 0 Å². The topological polar surface area (TPSA) is 55.4 Å². The van der Waals surface area contributed by atoms with Crippen molar-refractivity contribution in [3.05, 3.63) is 36.6 Å². The first-order valence-electron chi connectivity index (χ1n) is 5.10. The predicted molar refractivity (Wildman–Crippen MR) is 58.2 cm³/mol. The maximum absolute atomic E-state index is 11.9. The molecule has 0 aliphatic carbocycles. The average Bonchev–Trinajstić information content (AvgIpc) is 2.55. The molecule has 0 radical (unpaired) electrons. The molecule has 84 valence electrons. The van der Waals surface area contributed by atoms with Gasteiger partial charge in [-0.1, -0.05) is 25.3 Å². The van der Waals surface area contributed by atoms with E-state index in [9.17, 15) is 9.59 Å². The lowest BCUT2D eigenvalue weighted by Gasteiger charge is -2.30. The Kier molecular flexibility index (Phi) is 2.42. The molecule has 2 aliphatic heterocycles. The van der Waals surface area contributed by atoms with Crippen molar-refractivity contribution in [2.24, 2.45) is 5.41 Å². The molecule has 1 atom stereocenters. The van der Waals surface area contributed by atoms with Gasteiger partial charge in [-0.2, -0.15) is 0 Å². The van der Waals surface area contributed by atoms with Crippen LogP contribution in [0.15, 0.2) is 36.6 Å². The minimum Gasteiger partial charge on any atom is -0.492 e. The Morgan fingerprint density at radius 1 is 1.44 bits per heavy atom. The highest BCUT2D eigenvalue weighted by atomic mass is 16.5. The molecule has 0 aromatic heterocycles. The normalized spacial score (nSPS) is 31.8. The second-order valence-corrected chi connectivity index (χ2v) is 3.99. The predicted octanol–water partition coefficient (Wildman–Crippen LogP) is 1.07. The fourth-order valence-electron chi connectivity index (χ4n) is 2.15. The van der Waals surface area contributed by atoms with Gasteiger partial charge in [0.1, 0.15) is 17.8 Å². The van der Waals surface area contributed by atoms with Crippen LogP contribution in [0, 0.1) is 5.41 Å². The number of imide groups is 1. The molecule has 0 bridgehead atoms. The number of allylic oxidation sites excluding steroid dienone is 3. The molecule has 2 fully saturated rings.